The first-order valence-electron chi connectivity index (χ1n) is 14.1. The van der Waals surface area contributed by atoms with Crippen molar-refractivity contribution in [3.8, 4) is 11.7 Å². The van der Waals surface area contributed by atoms with Crippen molar-refractivity contribution in [2.75, 3.05) is 37.7 Å². The van der Waals surface area contributed by atoms with Crippen LogP contribution in [-0.4, -0.2) is 76.0 Å². The number of fused-ring (bicyclic) bond motifs is 1. The summed E-state index contributed by atoms with van der Waals surface area (Å²) in [5, 5.41) is 6.45. The van der Waals surface area contributed by atoms with Crippen LogP contribution >= 0.6 is 0 Å². The van der Waals surface area contributed by atoms with Gasteiger partial charge in [0.05, 0.1) is 30.8 Å². The lowest BCUT2D eigenvalue weighted by molar-refractivity contribution is -0.121. The van der Waals surface area contributed by atoms with Crippen molar-refractivity contribution in [2.45, 2.75) is 69.6 Å². The molecular weight excluding hydrogens is 520 g/mol. The third kappa shape index (κ3) is 6.02. The molecule has 1 amide bonds. The van der Waals surface area contributed by atoms with Gasteiger partial charge >= 0.3 is 0 Å². The molecule has 0 atom stereocenters. The zero-order valence-electron chi connectivity index (χ0n) is 22.6. The second-order valence-electron chi connectivity index (χ2n) is 11.1. The Labute approximate surface area is 231 Å². The van der Waals surface area contributed by atoms with Crippen LogP contribution in [0.1, 0.15) is 57.7 Å². The highest BCUT2D eigenvalue weighted by Crippen LogP contribution is 2.34. The van der Waals surface area contributed by atoms with E-state index in [1.54, 1.807) is 30.3 Å². The number of carbonyl (C=O) groups excluding carboxylic acids is 1. The number of ether oxygens (including phenoxy) is 2. The summed E-state index contributed by atoms with van der Waals surface area (Å²) in [7, 11) is 0. The molecule has 2 saturated carbocycles. The lowest BCUT2D eigenvalue weighted by atomic mass is 9.93. The van der Waals surface area contributed by atoms with Gasteiger partial charge in [0.25, 0.3) is 6.43 Å². The topological polar surface area (TPSA) is 106 Å². The number of rotatable bonds is 9. The Kier molecular flexibility index (Phi) is 7.54. The fourth-order valence-corrected chi connectivity index (χ4v) is 5.34. The van der Waals surface area contributed by atoms with Crippen molar-refractivity contribution >= 4 is 22.9 Å². The predicted molar refractivity (Wildman–Crippen MR) is 145 cm³/mol. The fraction of sp³-hybridized carbons (Fsp3) is 0.571. The molecule has 10 nitrogen and oxygen atoms in total. The number of amides is 1. The summed E-state index contributed by atoms with van der Waals surface area (Å²) in [6.07, 6.45) is 2.42. The monoisotopic (exact) mass is 555 g/mol. The molecule has 0 radical (unpaired) electrons. The Morgan fingerprint density at radius 1 is 1.12 bits per heavy atom. The highest BCUT2D eigenvalue weighted by molar-refractivity contribution is 5.79. The molecule has 3 fully saturated rings. The Bertz CT molecular complexity index is 1350. The summed E-state index contributed by atoms with van der Waals surface area (Å²) in [5.41, 5.74) is 1.13. The molecule has 1 aromatic carbocycles. The quantitative estimate of drug-likeness (QED) is 0.413. The van der Waals surface area contributed by atoms with Crippen LogP contribution in [-0.2, 0) is 9.53 Å². The molecule has 3 aromatic rings. The van der Waals surface area contributed by atoms with E-state index >= 15 is 0 Å². The van der Waals surface area contributed by atoms with Gasteiger partial charge in [-0.15, -0.1) is 0 Å². The number of anilines is 1. The van der Waals surface area contributed by atoms with E-state index in [1.807, 2.05) is 4.90 Å². The maximum absolute atomic E-state index is 14.1. The van der Waals surface area contributed by atoms with Crippen molar-refractivity contribution in [1.82, 2.24) is 30.2 Å². The van der Waals surface area contributed by atoms with Gasteiger partial charge in [-0.2, -0.15) is 9.97 Å². The normalized spacial score (nSPS) is 22.4. The molecule has 2 N–H and O–H groups in total. The van der Waals surface area contributed by atoms with E-state index < -0.39 is 6.43 Å². The minimum absolute atomic E-state index is 0.0236. The highest BCUT2D eigenvalue weighted by Gasteiger charge is 2.37. The van der Waals surface area contributed by atoms with Gasteiger partial charge in [0, 0.05) is 30.7 Å². The third-order valence-electron chi connectivity index (χ3n) is 7.98. The third-order valence-corrected chi connectivity index (χ3v) is 7.98. The first-order chi connectivity index (χ1) is 19.4. The van der Waals surface area contributed by atoms with Crippen LogP contribution in [0.4, 0.5) is 14.7 Å². The zero-order valence-corrected chi connectivity index (χ0v) is 22.6. The van der Waals surface area contributed by atoms with Gasteiger partial charge in [-0.1, -0.05) is 12.1 Å². The lowest BCUT2D eigenvalue weighted by Gasteiger charge is -2.30. The number of hydrogen-bond donors (Lipinski definition) is 2. The number of halogens is 2. The highest BCUT2D eigenvalue weighted by atomic mass is 19.3. The molecule has 1 saturated heterocycles. The number of nitrogens with one attached hydrogen (secondary N) is 2. The van der Waals surface area contributed by atoms with Crippen molar-refractivity contribution in [3.63, 3.8) is 0 Å². The van der Waals surface area contributed by atoms with E-state index in [0.717, 1.165) is 38.5 Å². The number of alkyl halides is 2. The van der Waals surface area contributed by atoms with E-state index in [-0.39, 0.29) is 35.2 Å². The minimum Gasteiger partial charge on any atom is -0.474 e. The Hall–Kier alpha value is -3.38. The second-order valence-corrected chi connectivity index (χ2v) is 11.1. The molecule has 12 heteroatoms. The van der Waals surface area contributed by atoms with Gasteiger partial charge in [-0.25, -0.2) is 13.8 Å². The minimum atomic E-state index is -2.79. The van der Waals surface area contributed by atoms with Crippen molar-refractivity contribution in [3.05, 3.63) is 36.2 Å². The van der Waals surface area contributed by atoms with Gasteiger partial charge in [-0.05, 0) is 57.6 Å². The SMILES string of the molecule is CC1(NCC(=O)N[C@H]2CC[C@H](Oc3cc(-n4c(C(F)F)nc5ccccc54)nc(N4CCOCC4)n3)CC2)CC1. The van der Waals surface area contributed by atoms with Crippen LogP contribution in [0.2, 0.25) is 0 Å². The molecule has 2 aromatic heterocycles. The summed E-state index contributed by atoms with van der Waals surface area (Å²) >= 11 is 0. The van der Waals surface area contributed by atoms with Crippen LogP contribution in [0.3, 0.4) is 0 Å². The molecule has 40 heavy (non-hydrogen) atoms. The van der Waals surface area contributed by atoms with Crippen LogP contribution < -0.4 is 20.3 Å². The van der Waals surface area contributed by atoms with Crippen LogP contribution in [0.25, 0.3) is 16.9 Å². The van der Waals surface area contributed by atoms with Crippen molar-refractivity contribution in [1.29, 1.82) is 0 Å². The van der Waals surface area contributed by atoms with Gasteiger partial charge < -0.3 is 25.0 Å². The second kappa shape index (κ2) is 11.2. The van der Waals surface area contributed by atoms with Gasteiger partial charge in [0.15, 0.2) is 5.82 Å². The number of aromatic nitrogens is 4. The summed E-state index contributed by atoms with van der Waals surface area (Å²) < 4.78 is 41.4. The van der Waals surface area contributed by atoms with E-state index in [4.69, 9.17) is 9.47 Å². The molecule has 3 heterocycles. The number of imidazole rings is 1. The first kappa shape index (κ1) is 26.8. The van der Waals surface area contributed by atoms with E-state index in [0.29, 0.717) is 55.7 Å². The summed E-state index contributed by atoms with van der Waals surface area (Å²) in [4.78, 5) is 27.9. The Morgan fingerprint density at radius 3 is 2.60 bits per heavy atom. The Balaban J connectivity index is 1.20. The van der Waals surface area contributed by atoms with E-state index in [1.165, 1.54) is 4.57 Å². The van der Waals surface area contributed by atoms with Gasteiger partial charge in [0.1, 0.15) is 11.9 Å². The van der Waals surface area contributed by atoms with Crippen LogP contribution in [0.15, 0.2) is 30.3 Å². The Morgan fingerprint density at radius 2 is 1.88 bits per heavy atom. The summed E-state index contributed by atoms with van der Waals surface area (Å²) in [6.45, 7) is 4.72. The fourth-order valence-electron chi connectivity index (χ4n) is 5.34. The zero-order chi connectivity index (χ0) is 27.7. The molecular formula is C28H35F2N7O3. The molecule has 6 rings (SSSR count). The number of morpholine rings is 1. The largest absolute Gasteiger partial charge is 0.474 e. The van der Waals surface area contributed by atoms with E-state index in [9.17, 15) is 13.6 Å². The number of para-hydroxylation sites is 2. The number of nitrogens with zero attached hydrogens (tertiary/aromatic N) is 5. The standard InChI is InChI=1S/C28H35F2N7O3/c1-28(10-11-28)31-17-23(38)32-18-6-8-19(9-7-18)40-24-16-22(34-27(35-24)36-12-14-39-15-13-36)37-21-5-3-2-4-20(21)33-26(37)25(29)30/h2-5,16,18-19,25,31H,6-15,17H2,1H3,(H,32,38)/t18-,19-. The lowest BCUT2D eigenvalue weighted by Crippen LogP contribution is -2.45. The molecule has 0 spiro atoms. The van der Waals surface area contributed by atoms with Crippen molar-refractivity contribution in [2.24, 2.45) is 0 Å². The molecule has 0 unspecified atom stereocenters. The van der Waals surface area contributed by atoms with Gasteiger partial charge in [-0.3, -0.25) is 9.36 Å². The number of hydrogen-bond acceptors (Lipinski definition) is 8. The average molecular weight is 556 g/mol. The number of carbonyl (C=O) groups is 1. The molecule has 3 aliphatic rings. The first-order valence-corrected chi connectivity index (χ1v) is 14.1. The van der Waals surface area contributed by atoms with Gasteiger partial charge in [0.2, 0.25) is 17.7 Å². The summed E-state index contributed by atoms with van der Waals surface area (Å²) in [5.74, 6) is 0.675. The maximum Gasteiger partial charge on any atom is 0.296 e. The smallest absolute Gasteiger partial charge is 0.296 e. The molecule has 2 aliphatic carbocycles. The van der Waals surface area contributed by atoms with Crippen LogP contribution in [0, 0.1) is 0 Å². The predicted octanol–water partition coefficient (Wildman–Crippen LogP) is 3.54. The molecule has 214 valence electrons. The summed E-state index contributed by atoms with van der Waals surface area (Å²) in [6, 6.07) is 8.74. The van der Waals surface area contributed by atoms with Crippen LogP contribution in [0.5, 0.6) is 5.88 Å². The van der Waals surface area contributed by atoms with E-state index in [2.05, 4.69) is 32.5 Å². The maximum atomic E-state index is 14.1. The average Bonchev–Trinajstić information content (AvgIpc) is 3.57. The molecule has 1 aliphatic heterocycles. The number of benzene rings is 1. The van der Waals surface area contributed by atoms with Crippen molar-refractivity contribution < 1.29 is 23.0 Å². The molecule has 0 bridgehead atoms.